The Balaban J connectivity index is 3.28. The van der Waals surface area contributed by atoms with Gasteiger partial charge < -0.3 is 0 Å². The molecule has 0 saturated heterocycles. The van der Waals surface area contributed by atoms with E-state index < -0.39 is 0 Å². The van der Waals surface area contributed by atoms with Crippen molar-refractivity contribution in [2.24, 2.45) is 5.41 Å². The van der Waals surface area contributed by atoms with Crippen LogP contribution in [0.3, 0.4) is 0 Å². The number of hydrogen-bond acceptors (Lipinski definition) is 0. The van der Waals surface area contributed by atoms with Gasteiger partial charge in [-0.3, -0.25) is 0 Å². The van der Waals surface area contributed by atoms with E-state index in [1.54, 1.807) is 0 Å². The maximum atomic E-state index is 5.59. The second-order valence-corrected chi connectivity index (χ2v) is 3.83. The third-order valence-corrected chi connectivity index (χ3v) is 2.01. The van der Waals surface area contributed by atoms with E-state index in [2.05, 4.69) is 20.8 Å². The van der Waals surface area contributed by atoms with Crippen LogP contribution in [0.2, 0.25) is 6.32 Å². The highest BCUT2D eigenvalue weighted by Gasteiger charge is 2.12. The van der Waals surface area contributed by atoms with Crippen LogP contribution in [0.4, 0.5) is 0 Å². The Morgan fingerprint density at radius 3 is 2.20 bits per heavy atom. The summed E-state index contributed by atoms with van der Waals surface area (Å²) in [7, 11) is 5.59. The Bertz CT molecular complexity index is 76.8. The van der Waals surface area contributed by atoms with Crippen molar-refractivity contribution < 1.29 is 0 Å². The van der Waals surface area contributed by atoms with Crippen LogP contribution >= 0.6 is 0 Å². The molecule has 2 radical (unpaired) electrons. The maximum Gasteiger partial charge on any atom is 0.0660 e. The van der Waals surface area contributed by atoms with Gasteiger partial charge in [0.05, 0.1) is 7.85 Å². The molecule has 0 aromatic carbocycles. The van der Waals surface area contributed by atoms with Crippen molar-refractivity contribution in [1.82, 2.24) is 0 Å². The first kappa shape index (κ1) is 10.1. The van der Waals surface area contributed by atoms with E-state index in [1.807, 2.05) is 0 Å². The molecule has 0 amide bonds. The minimum atomic E-state index is 0.370. The van der Waals surface area contributed by atoms with E-state index in [9.17, 15) is 0 Å². The summed E-state index contributed by atoms with van der Waals surface area (Å²) in [5.74, 6) is 0. The van der Waals surface area contributed by atoms with Crippen molar-refractivity contribution in [1.29, 1.82) is 0 Å². The second-order valence-electron chi connectivity index (χ2n) is 3.83. The summed E-state index contributed by atoms with van der Waals surface area (Å²) in [5.41, 5.74) is 0.370. The molecule has 0 aromatic rings. The Hall–Kier alpha value is 0.0649. The Labute approximate surface area is 66.8 Å². The monoisotopic (exact) mass is 138 g/mol. The summed E-state index contributed by atoms with van der Waals surface area (Å²) in [6.45, 7) is 6.71. The van der Waals surface area contributed by atoms with Gasteiger partial charge >= 0.3 is 0 Å². The van der Waals surface area contributed by atoms with E-state index in [4.69, 9.17) is 7.85 Å². The molecule has 0 nitrogen and oxygen atoms in total. The molecule has 0 fully saturated rings. The molecule has 58 valence electrons. The second kappa shape index (κ2) is 4.82. The molecule has 1 heteroatoms. The van der Waals surface area contributed by atoms with Crippen LogP contribution in [0.15, 0.2) is 0 Å². The van der Waals surface area contributed by atoms with Gasteiger partial charge in [-0.1, -0.05) is 46.4 Å². The lowest BCUT2D eigenvalue weighted by atomic mass is 9.76. The van der Waals surface area contributed by atoms with E-state index in [0.717, 1.165) is 6.32 Å². The summed E-state index contributed by atoms with van der Waals surface area (Å²) < 4.78 is 0. The van der Waals surface area contributed by atoms with Gasteiger partial charge in [0.1, 0.15) is 0 Å². The van der Waals surface area contributed by atoms with Crippen LogP contribution in [-0.4, -0.2) is 7.85 Å². The fourth-order valence-corrected chi connectivity index (χ4v) is 0.956. The molecule has 0 aliphatic rings. The van der Waals surface area contributed by atoms with Crippen molar-refractivity contribution in [3.05, 3.63) is 0 Å². The van der Waals surface area contributed by atoms with Gasteiger partial charge in [-0.25, -0.2) is 0 Å². The molecule has 0 atom stereocenters. The van der Waals surface area contributed by atoms with Crippen molar-refractivity contribution in [2.75, 3.05) is 0 Å². The average Bonchev–Trinajstić information content (AvgIpc) is 1.89. The first-order chi connectivity index (χ1) is 4.62. The van der Waals surface area contributed by atoms with Gasteiger partial charge in [-0.2, -0.15) is 0 Å². The summed E-state index contributed by atoms with van der Waals surface area (Å²) in [5, 5.41) is 0. The van der Waals surface area contributed by atoms with E-state index in [0.29, 0.717) is 5.41 Å². The SMILES string of the molecule is [B]CC(C)(C)CCCCC. The van der Waals surface area contributed by atoms with Crippen LogP contribution in [0, 0.1) is 5.41 Å². The standard InChI is InChI=1S/C9H19B/c1-4-5-6-7-9(2,3)8-10/h4-8H2,1-3H3. The Morgan fingerprint density at radius 2 is 1.80 bits per heavy atom. The molecular weight excluding hydrogens is 119 g/mol. The first-order valence-corrected chi connectivity index (χ1v) is 4.32. The molecule has 0 spiro atoms. The lowest BCUT2D eigenvalue weighted by Gasteiger charge is -2.22. The predicted octanol–water partition coefficient (Wildman–Crippen LogP) is 3.18. The molecule has 0 N–H and O–H groups in total. The fourth-order valence-electron chi connectivity index (χ4n) is 0.956. The number of hydrogen-bond donors (Lipinski definition) is 0. The highest BCUT2D eigenvalue weighted by molar-refractivity contribution is 6.08. The Morgan fingerprint density at radius 1 is 1.20 bits per heavy atom. The highest BCUT2D eigenvalue weighted by atomic mass is 14.2. The van der Waals surface area contributed by atoms with E-state index >= 15 is 0 Å². The van der Waals surface area contributed by atoms with Crippen LogP contribution in [0.1, 0.15) is 46.5 Å². The van der Waals surface area contributed by atoms with Crippen LogP contribution < -0.4 is 0 Å². The molecule has 0 aliphatic carbocycles. The average molecular weight is 138 g/mol. The lowest BCUT2D eigenvalue weighted by molar-refractivity contribution is 0.360. The topological polar surface area (TPSA) is 0 Å². The first-order valence-electron chi connectivity index (χ1n) is 4.32. The van der Waals surface area contributed by atoms with E-state index in [1.165, 1.54) is 25.7 Å². The van der Waals surface area contributed by atoms with Crippen molar-refractivity contribution in [2.45, 2.75) is 52.8 Å². The molecule has 0 aromatic heterocycles. The summed E-state index contributed by atoms with van der Waals surface area (Å²) in [4.78, 5) is 0. The highest BCUT2D eigenvalue weighted by Crippen LogP contribution is 2.26. The van der Waals surface area contributed by atoms with Gasteiger partial charge in [0.15, 0.2) is 0 Å². The normalized spacial score (nSPS) is 11.9. The molecular formula is C9H19B. The summed E-state index contributed by atoms with van der Waals surface area (Å²) in [6, 6.07) is 0. The molecule has 0 unspecified atom stereocenters. The van der Waals surface area contributed by atoms with Gasteiger partial charge in [0.2, 0.25) is 0 Å². The molecule has 0 bridgehead atoms. The lowest BCUT2D eigenvalue weighted by Crippen LogP contribution is -2.09. The largest absolute Gasteiger partial charge is 0.0837 e. The van der Waals surface area contributed by atoms with Gasteiger partial charge in [-0.05, 0) is 11.8 Å². The van der Waals surface area contributed by atoms with Gasteiger partial charge in [0.25, 0.3) is 0 Å². The molecule has 10 heavy (non-hydrogen) atoms. The van der Waals surface area contributed by atoms with Gasteiger partial charge in [-0.15, -0.1) is 0 Å². The zero-order chi connectivity index (χ0) is 8.04. The quantitative estimate of drug-likeness (QED) is 0.404. The molecule has 0 heterocycles. The minimum Gasteiger partial charge on any atom is -0.0837 e. The maximum absolute atomic E-state index is 5.59. The zero-order valence-corrected chi connectivity index (χ0v) is 7.61. The van der Waals surface area contributed by atoms with E-state index in [-0.39, 0.29) is 0 Å². The van der Waals surface area contributed by atoms with Crippen LogP contribution in [-0.2, 0) is 0 Å². The predicted molar refractivity (Wildman–Crippen MR) is 48.5 cm³/mol. The molecule has 0 saturated carbocycles. The zero-order valence-electron chi connectivity index (χ0n) is 7.61. The van der Waals surface area contributed by atoms with Gasteiger partial charge in [0, 0.05) is 0 Å². The third kappa shape index (κ3) is 4.90. The summed E-state index contributed by atoms with van der Waals surface area (Å²) in [6.07, 6.45) is 6.08. The Kier molecular flexibility index (Phi) is 4.85. The van der Waals surface area contributed by atoms with Crippen molar-refractivity contribution in [3.63, 3.8) is 0 Å². The molecule has 0 aliphatic heterocycles. The molecule has 0 rings (SSSR count). The van der Waals surface area contributed by atoms with Crippen molar-refractivity contribution >= 4 is 7.85 Å². The smallest absolute Gasteiger partial charge is 0.0660 e. The third-order valence-electron chi connectivity index (χ3n) is 2.01. The number of rotatable bonds is 5. The van der Waals surface area contributed by atoms with Crippen LogP contribution in [0.5, 0.6) is 0 Å². The fraction of sp³-hybridized carbons (Fsp3) is 1.00. The minimum absolute atomic E-state index is 0.370. The van der Waals surface area contributed by atoms with Crippen LogP contribution in [0.25, 0.3) is 0 Å². The summed E-state index contributed by atoms with van der Waals surface area (Å²) >= 11 is 0. The number of unbranched alkanes of at least 4 members (excludes halogenated alkanes) is 2. The van der Waals surface area contributed by atoms with Crippen molar-refractivity contribution in [3.8, 4) is 0 Å².